The van der Waals surface area contributed by atoms with Crippen LogP contribution in [0.3, 0.4) is 0 Å². The zero-order valence-corrected chi connectivity index (χ0v) is 17.3. The van der Waals surface area contributed by atoms with E-state index in [0.29, 0.717) is 17.2 Å². The molecule has 0 saturated carbocycles. The van der Waals surface area contributed by atoms with Gasteiger partial charge in [-0.25, -0.2) is 4.98 Å². The molecule has 2 aromatic carbocycles. The second-order valence-corrected chi connectivity index (χ2v) is 8.15. The average Bonchev–Trinajstić information content (AvgIpc) is 3.36. The highest BCUT2D eigenvalue weighted by molar-refractivity contribution is 7.22. The molecule has 0 aliphatic heterocycles. The Morgan fingerprint density at radius 1 is 0.967 bits per heavy atom. The molecule has 0 bridgehead atoms. The van der Waals surface area contributed by atoms with Crippen LogP contribution in [0.1, 0.15) is 17.0 Å². The van der Waals surface area contributed by atoms with Crippen LogP contribution in [-0.2, 0) is 6.54 Å². The van der Waals surface area contributed by atoms with E-state index < -0.39 is 0 Å². The Morgan fingerprint density at radius 2 is 1.73 bits per heavy atom. The van der Waals surface area contributed by atoms with E-state index in [1.165, 1.54) is 15.9 Å². The molecule has 0 unspecified atom stereocenters. The second kappa shape index (κ2) is 7.35. The first kappa shape index (κ1) is 18.4. The summed E-state index contributed by atoms with van der Waals surface area (Å²) in [7, 11) is 0. The Kier molecular flexibility index (Phi) is 4.52. The molecular formula is C23H18N4O2S. The number of benzene rings is 2. The topological polar surface area (TPSA) is 73.8 Å². The van der Waals surface area contributed by atoms with E-state index in [0.717, 1.165) is 32.0 Å². The number of rotatable bonds is 4. The number of aryl methyl sites for hydroxylation is 2. The number of aromatic nitrogens is 4. The quantitative estimate of drug-likeness (QED) is 0.421. The Hall–Kier alpha value is -3.58. The van der Waals surface area contributed by atoms with Gasteiger partial charge in [-0.3, -0.25) is 9.36 Å². The summed E-state index contributed by atoms with van der Waals surface area (Å²) in [5, 5.41) is 8.86. The zero-order valence-electron chi connectivity index (χ0n) is 16.5. The van der Waals surface area contributed by atoms with E-state index in [2.05, 4.69) is 15.2 Å². The first-order valence-corrected chi connectivity index (χ1v) is 10.3. The van der Waals surface area contributed by atoms with E-state index in [1.54, 1.807) is 6.33 Å². The van der Waals surface area contributed by atoms with Crippen molar-refractivity contribution < 1.29 is 4.42 Å². The predicted octanol–water partition coefficient (Wildman–Crippen LogP) is 4.84. The lowest BCUT2D eigenvalue weighted by Crippen LogP contribution is -2.21. The van der Waals surface area contributed by atoms with Gasteiger partial charge in [0.2, 0.25) is 11.8 Å². The molecule has 0 spiro atoms. The minimum atomic E-state index is -0.106. The number of fused-ring (bicyclic) bond motifs is 1. The van der Waals surface area contributed by atoms with Crippen LogP contribution in [0.25, 0.3) is 32.1 Å². The lowest BCUT2D eigenvalue weighted by atomic mass is 10.1. The van der Waals surface area contributed by atoms with Crippen molar-refractivity contribution in [3.63, 3.8) is 0 Å². The fourth-order valence-electron chi connectivity index (χ4n) is 3.41. The smallest absolute Gasteiger partial charge is 0.262 e. The number of thiophene rings is 1. The molecule has 6 nitrogen and oxygen atoms in total. The molecule has 3 aromatic heterocycles. The highest BCUT2D eigenvalue weighted by Crippen LogP contribution is 2.35. The minimum absolute atomic E-state index is 0.106. The summed E-state index contributed by atoms with van der Waals surface area (Å²) >= 11 is 1.53. The van der Waals surface area contributed by atoms with Crippen molar-refractivity contribution in [2.24, 2.45) is 0 Å². The normalized spacial score (nSPS) is 11.3. The van der Waals surface area contributed by atoms with Crippen molar-refractivity contribution in [2.75, 3.05) is 0 Å². The highest BCUT2D eigenvalue weighted by atomic mass is 32.1. The summed E-state index contributed by atoms with van der Waals surface area (Å²) < 4.78 is 7.30. The largest absolute Gasteiger partial charge is 0.419 e. The van der Waals surface area contributed by atoms with Crippen LogP contribution in [0.2, 0.25) is 0 Å². The molecule has 30 heavy (non-hydrogen) atoms. The van der Waals surface area contributed by atoms with E-state index in [9.17, 15) is 4.79 Å². The lowest BCUT2D eigenvalue weighted by Gasteiger charge is -2.02. The number of hydrogen-bond donors (Lipinski definition) is 0. The monoisotopic (exact) mass is 414 g/mol. The van der Waals surface area contributed by atoms with Gasteiger partial charge in [-0.1, -0.05) is 48.0 Å². The molecule has 148 valence electrons. The third-order valence-electron chi connectivity index (χ3n) is 5.02. The minimum Gasteiger partial charge on any atom is -0.419 e. The van der Waals surface area contributed by atoms with E-state index in [1.807, 2.05) is 68.4 Å². The fraction of sp³-hybridized carbons (Fsp3) is 0.130. The fourth-order valence-corrected chi connectivity index (χ4v) is 4.56. The maximum absolute atomic E-state index is 13.2. The van der Waals surface area contributed by atoms with Crippen molar-refractivity contribution in [3.8, 4) is 21.9 Å². The predicted molar refractivity (Wildman–Crippen MR) is 118 cm³/mol. The molecule has 0 atom stereocenters. The van der Waals surface area contributed by atoms with Crippen LogP contribution in [-0.4, -0.2) is 19.7 Å². The van der Waals surface area contributed by atoms with Gasteiger partial charge < -0.3 is 4.42 Å². The molecule has 0 N–H and O–H groups in total. The van der Waals surface area contributed by atoms with Gasteiger partial charge in [0.25, 0.3) is 5.56 Å². The summed E-state index contributed by atoms with van der Waals surface area (Å²) in [6.07, 6.45) is 1.55. The van der Waals surface area contributed by atoms with Gasteiger partial charge in [-0.15, -0.1) is 21.5 Å². The molecular weight excluding hydrogens is 396 g/mol. The van der Waals surface area contributed by atoms with Crippen LogP contribution < -0.4 is 5.56 Å². The molecule has 0 fully saturated rings. The SMILES string of the molecule is Cc1ccc(-c2nnc(Cn3cnc4sc(-c5ccccc5)c(C)c4c3=O)o2)cc1. The number of nitrogens with zero attached hydrogens (tertiary/aromatic N) is 4. The molecule has 0 amide bonds. The zero-order chi connectivity index (χ0) is 20.7. The summed E-state index contributed by atoms with van der Waals surface area (Å²) in [6, 6.07) is 17.9. The van der Waals surface area contributed by atoms with E-state index >= 15 is 0 Å². The maximum Gasteiger partial charge on any atom is 0.262 e. The van der Waals surface area contributed by atoms with E-state index in [4.69, 9.17) is 4.42 Å². The molecule has 0 saturated heterocycles. The molecule has 5 rings (SSSR count). The first-order valence-electron chi connectivity index (χ1n) is 9.53. The van der Waals surface area contributed by atoms with Crippen LogP contribution >= 0.6 is 11.3 Å². The molecule has 0 radical (unpaired) electrons. The Bertz CT molecular complexity index is 1400. The van der Waals surface area contributed by atoms with Crippen LogP contribution in [0.4, 0.5) is 0 Å². The third kappa shape index (κ3) is 3.23. The van der Waals surface area contributed by atoms with Gasteiger partial charge in [0.05, 0.1) is 11.7 Å². The molecule has 3 heterocycles. The third-order valence-corrected chi connectivity index (χ3v) is 6.27. The van der Waals surface area contributed by atoms with Gasteiger partial charge in [0.15, 0.2) is 0 Å². The van der Waals surface area contributed by atoms with Gasteiger partial charge in [0.1, 0.15) is 11.4 Å². The Balaban J connectivity index is 1.50. The van der Waals surface area contributed by atoms with Crippen molar-refractivity contribution in [2.45, 2.75) is 20.4 Å². The van der Waals surface area contributed by atoms with Crippen LogP contribution in [0.5, 0.6) is 0 Å². The van der Waals surface area contributed by atoms with Gasteiger partial charge in [-0.2, -0.15) is 0 Å². The Morgan fingerprint density at radius 3 is 2.50 bits per heavy atom. The van der Waals surface area contributed by atoms with Crippen LogP contribution in [0.15, 0.2) is 70.1 Å². The molecule has 5 aromatic rings. The van der Waals surface area contributed by atoms with Crippen molar-refractivity contribution in [3.05, 3.63) is 88.3 Å². The lowest BCUT2D eigenvalue weighted by molar-refractivity contribution is 0.483. The average molecular weight is 414 g/mol. The molecule has 0 aliphatic rings. The number of hydrogen-bond acceptors (Lipinski definition) is 6. The molecule has 7 heteroatoms. The van der Waals surface area contributed by atoms with Crippen molar-refractivity contribution in [1.82, 2.24) is 19.7 Å². The van der Waals surface area contributed by atoms with Crippen molar-refractivity contribution >= 4 is 21.6 Å². The molecule has 0 aliphatic carbocycles. The Labute approximate surface area is 176 Å². The first-order chi connectivity index (χ1) is 14.6. The highest BCUT2D eigenvalue weighted by Gasteiger charge is 2.17. The van der Waals surface area contributed by atoms with Gasteiger partial charge >= 0.3 is 0 Å². The van der Waals surface area contributed by atoms with Gasteiger partial charge in [-0.05, 0) is 37.1 Å². The summed E-state index contributed by atoms with van der Waals surface area (Å²) in [4.78, 5) is 19.5. The second-order valence-electron chi connectivity index (χ2n) is 7.15. The summed E-state index contributed by atoms with van der Waals surface area (Å²) in [6.45, 7) is 4.17. The van der Waals surface area contributed by atoms with Gasteiger partial charge in [0, 0.05) is 10.4 Å². The standard InChI is InChI=1S/C23H18N4O2S/c1-14-8-10-17(11-9-14)21-26-25-18(29-21)12-27-13-24-22-19(23(27)28)15(2)20(30-22)16-6-4-3-5-7-16/h3-11,13H,12H2,1-2H3. The maximum atomic E-state index is 13.2. The summed E-state index contributed by atoms with van der Waals surface area (Å²) in [5.74, 6) is 0.801. The van der Waals surface area contributed by atoms with Crippen molar-refractivity contribution in [1.29, 1.82) is 0 Å². The van der Waals surface area contributed by atoms with Crippen LogP contribution in [0, 0.1) is 13.8 Å². The summed E-state index contributed by atoms with van der Waals surface area (Å²) in [5.41, 5.74) is 3.93. The van der Waals surface area contributed by atoms with E-state index in [-0.39, 0.29) is 12.1 Å².